The van der Waals surface area contributed by atoms with Crippen molar-refractivity contribution in [2.45, 2.75) is 44.6 Å². The van der Waals surface area contributed by atoms with Gasteiger partial charge in [0.15, 0.2) is 0 Å². The van der Waals surface area contributed by atoms with E-state index in [9.17, 15) is 14.4 Å². The number of nitrogens with zero attached hydrogens (tertiary/aromatic N) is 4. The van der Waals surface area contributed by atoms with E-state index in [1.54, 1.807) is 7.05 Å². The molecule has 0 bridgehead atoms. The molecule has 3 saturated heterocycles. The van der Waals surface area contributed by atoms with Crippen LogP contribution in [0, 0.1) is 5.92 Å². The first kappa shape index (κ1) is 22.0. The normalized spacial score (nSPS) is 25.1. The number of rotatable bonds is 5. The van der Waals surface area contributed by atoms with Crippen LogP contribution >= 0.6 is 0 Å². The lowest BCUT2D eigenvalue weighted by Crippen LogP contribution is -2.54. The minimum atomic E-state index is -0.0855. The fraction of sp³-hybridized carbons (Fsp3) is 0.857. The highest BCUT2D eigenvalue weighted by Gasteiger charge is 2.34. The molecule has 3 amide bonds. The van der Waals surface area contributed by atoms with Gasteiger partial charge in [-0.1, -0.05) is 0 Å². The number of piperazine rings is 1. The van der Waals surface area contributed by atoms with Crippen molar-refractivity contribution in [2.75, 3.05) is 66.5 Å². The van der Waals surface area contributed by atoms with Crippen molar-refractivity contribution < 1.29 is 14.4 Å². The van der Waals surface area contributed by atoms with Gasteiger partial charge in [-0.25, -0.2) is 0 Å². The summed E-state index contributed by atoms with van der Waals surface area (Å²) in [5, 5.41) is 2.56. The smallest absolute Gasteiger partial charge is 0.227 e. The Hall–Kier alpha value is -1.67. The number of carbonyl (C=O) groups is 3. The molecule has 1 unspecified atom stereocenters. The molecule has 0 aromatic rings. The molecular weight excluding hydrogens is 370 g/mol. The second-order valence-electron chi connectivity index (χ2n) is 8.75. The summed E-state index contributed by atoms with van der Waals surface area (Å²) in [4.78, 5) is 45.4. The first-order chi connectivity index (χ1) is 14.0. The summed E-state index contributed by atoms with van der Waals surface area (Å²) in [7, 11) is 3.71. The van der Waals surface area contributed by atoms with Gasteiger partial charge in [-0.2, -0.15) is 0 Å². The minimum Gasteiger partial charge on any atom is -0.359 e. The SMILES string of the molecule is CNC(=O)CCC(=O)N1CCC(N2CCCC(C(=O)N3CCN(C)CC3)C2)CC1. The monoisotopic (exact) mass is 407 g/mol. The Bertz CT molecular complexity index is 583. The summed E-state index contributed by atoms with van der Waals surface area (Å²) in [6, 6.07) is 0.459. The molecule has 3 heterocycles. The zero-order valence-corrected chi connectivity index (χ0v) is 18.1. The summed E-state index contributed by atoms with van der Waals surface area (Å²) < 4.78 is 0. The average molecular weight is 408 g/mol. The summed E-state index contributed by atoms with van der Waals surface area (Å²) in [5.74, 6) is 0.454. The number of hydrogen-bond donors (Lipinski definition) is 1. The largest absolute Gasteiger partial charge is 0.359 e. The Morgan fingerprint density at radius 1 is 0.862 bits per heavy atom. The standard InChI is InChI=1S/C21H37N5O3/c1-22-19(27)5-6-20(28)24-10-7-18(8-11-24)26-9-3-4-17(16-26)21(29)25-14-12-23(2)13-15-25/h17-18H,3-16H2,1-2H3,(H,22,27). The fourth-order valence-electron chi connectivity index (χ4n) is 4.81. The lowest BCUT2D eigenvalue weighted by Gasteiger charge is -2.43. The second kappa shape index (κ2) is 10.4. The number of hydrogen-bond acceptors (Lipinski definition) is 5. The molecule has 1 N–H and O–H groups in total. The van der Waals surface area contributed by atoms with Crippen LogP contribution in [0.5, 0.6) is 0 Å². The zero-order chi connectivity index (χ0) is 20.8. The average Bonchev–Trinajstić information content (AvgIpc) is 2.77. The van der Waals surface area contributed by atoms with E-state index in [4.69, 9.17) is 0 Å². The molecule has 0 saturated carbocycles. The molecule has 3 aliphatic rings. The third-order valence-electron chi connectivity index (χ3n) is 6.80. The topological polar surface area (TPSA) is 76.2 Å². The summed E-state index contributed by atoms with van der Waals surface area (Å²) in [5.41, 5.74) is 0. The molecular formula is C21H37N5O3. The molecule has 1 atom stereocenters. The number of nitrogens with one attached hydrogen (secondary N) is 1. The zero-order valence-electron chi connectivity index (χ0n) is 18.1. The van der Waals surface area contributed by atoms with E-state index in [2.05, 4.69) is 27.1 Å². The van der Waals surface area contributed by atoms with E-state index in [-0.39, 0.29) is 30.6 Å². The Kier molecular flexibility index (Phi) is 7.89. The lowest BCUT2D eigenvalue weighted by atomic mass is 9.92. The van der Waals surface area contributed by atoms with Gasteiger partial charge >= 0.3 is 0 Å². The van der Waals surface area contributed by atoms with E-state index < -0.39 is 0 Å². The predicted molar refractivity (Wildman–Crippen MR) is 111 cm³/mol. The summed E-state index contributed by atoms with van der Waals surface area (Å²) >= 11 is 0. The second-order valence-corrected chi connectivity index (χ2v) is 8.75. The highest BCUT2D eigenvalue weighted by molar-refractivity contribution is 5.83. The van der Waals surface area contributed by atoms with Gasteiger partial charge in [0, 0.05) is 71.7 Å². The van der Waals surface area contributed by atoms with Crippen LogP contribution in [0.3, 0.4) is 0 Å². The van der Waals surface area contributed by atoms with E-state index in [1.165, 1.54) is 0 Å². The molecule has 0 aliphatic carbocycles. The third-order valence-corrected chi connectivity index (χ3v) is 6.80. The van der Waals surface area contributed by atoms with Gasteiger partial charge < -0.3 is 20.0 Å². The first-order valence-electron chi connectivity index (χ1n) is 11.2. The van der Waals surface area contributed by atoms with Crippen molar-refractivity contribution in [1.82, 2.24) is 24.9 Å². The third kappa shape index (κ3) is 5.92. The Morgan fingerprint density at radius 2 is 1.55 bits per heavy atom. The minimum absolute atomic E-state index is 0.0776. The molecule has 3 rings (SSSR count). The molecule has 164 valence electrons. The van der Waals surface area contributed by atoms with Crippen molar-refractivity contribution in [2.24, 2.45) is 5.92 Å². The van der Waals surface area contributed by atoms with Crippen LogP contribution in [-0.2, 0) is 14.4 Å². The maximum atomic E-state index is 13.0. The lowest BCUT2D eigenvalue weighted by molar-refractivity contribution is -0.139. The molecule has 0 radical (unpaired) electrons. The first-order valence-corrected chi connectivity index (χ1v) is 11.2. The van der Waals surface area contributed by atoms with Gasteiger partial charge in [0.2, 0.25) is 17.7 Å². The van der Waals surface area contributed by atoms with Gasteiger partial charge in [0.25, 0.3) is 0 Å². The molecule has 29 heavy (non-hydrogen) atoms. The van der Waals surface area contributed by atoms with Crippen LogP contribution in [0.2, 0.25) is 0 Å². The van der Waals surface area contributed by atoms with Crippen molar-refractivity contribution in [3.8, 4) is 0 Å². The van der Waals surface area contributed by atoms with Crippen LogP contribution in [0.4, 0.5) is 0 Å². The maximum Gasteiger partial charge on any atom is 0.227 e. The van der Waals surface area contributed by atoms with Gasteiger partial charge in [0.1, 0.15) is 0 Å². The Labute approximate surface area is 174 Å². The van der Waals surface area contributed by atoms with Gasteiger partial charge in [0.05, 0.1) is 5.92 Å². The van der Waals surface area contributed by atoms with E-state index in [0.717, 1.165) is 78.0 Å². The number of carbonyl (C=O) groups excluding carboxylic acids is 3. The molecule has 8 nitrogen and oxygen atoms in total. The molecule has 3 fully saturated rings. The van der Waals surface area contributed by atoms with Crippen molar-refractivity contribution >= 4 is 17.7 Å². The molecule has 0 spiro atoms. The van der Waals surface area contributed by atoms with Gasteiger partial charge in [-0.05, 0) is 39.3 Å². The maximum absolute atomic E-state index is 13.0. The van der Waals surface area contributed by atoms with E-state index in [0.29, 0.717) is 11.9 Å². The van der Waals surface area contributed by atoms with Crippen molar-refractivity contribution in [3.05, 3.63) is 0 Å². The number of likely N-dealkylation sites (N-methyl/N-ethyl adjacent to an activating group) is 1. The van der Waals surface area contributed by atoms with Crippen molar-refractivity contribution in [3.63, 3.8) is 0 Å². The van der Waals surface area contributed by atoms with Gasteiger partial charge in [-0.15, -0.1) is 0 Å². The predicted octanol–water partition coefficient (Wildman–Crippen LogP) is -0.0104. The summed E-state index contributed by atoms with van der Waals surface area (Å²) in [6.07, 6.45) is 4.54. The van der Waals surface area contributed by atoms with Crippen molar-refractivity contribution in [1.29, 1.82) is 0 Å². The molecule has 0 aromatic carbocycles. The highest BCUT2D eigenvalue weighted by atomic mass is 16.2. The number of amides is 3. The van der Waals surface area contributed by atoms with Gasteiger partial charge in [-0.3, -0.25) is 19.3 Å². The quantitative estimate of drug-likeness (QED) is 0.694. The molecule has 3 aliphatic heterocycles. The Morgan fingerprint density at radius 3 is 2.21 bits per heavy atom. The van der Waals surface area contributed by atoms with Crippen LogP contribution in [-0.4, -0.2) is 110 Å². The van der Waals surface area contributed by atoms with Crippen LogP contribution in [0.25, 0.3) is 0 Å². The highest BCUT2D eigenvalue weighted by Crippen LogP contribution is 2.25. The fourth-order valence-corrected chi connectivity index (χ4v) is 4.81. The number of piperidine rings is 2. The molecule has 0 aromatic heterocycles. The van der Waals surface area contributed by atoms with Crippen LogP contribution < -0.4 is 5.32 Å². The van der Waals surface area contributed by atoms with Crippen LogP contribution in [0.15, 0.2) is 0 Å². The van der Waals surface area contributed by atoms with E-state index >= 15 is 0 Å². The number of likely N-dealkylation sites (tertiary alicyclic amines) is 2. The Balaban J connectivity index is 1.44. The van der Waals surface area contributed by atoms with E-state index in [1.807, 2.05) is 4.90 Å². The van der Waals surface area contributed by atoms with Crippen LogP contribution in [0.1, 0.15) is 38.5 Å². The molecule has 8 heteroatoms. The summed E-state index contributed by atoms with van der Waals surface area (Å²) in [6.45, 7) is 7.06.